The molecule has 98 valence electrons. The number of anilines is 3. The van der Waals surface area contributed by atoms with Gasteiger partial charge in [0, 0.05) is 22.8 Å². The van der Waals surface area contributed by atoms with Crippen LogP contribution in [0, 0.1) is 6.92 Å². The number of benzene rings is 1. The molecular formula is C14H15ClN4. The molecule has 1 saturated carbocycles. The second-order valence-corrected chi connectivity index (χ2v) is 5.23. The summed E-state index contributed by atoms with van der Waals surface area (Å²) >= 11 is 5.95. The average molecular weight is 275 g/mol. The molecule has 1 aliphatic carbocycles. The van der Waals surface area contributed by atoms with Crippen molar-refractivity contribution in [1.82, 2.24) is 9.97 Å². The van der Waals surface area contributed by atoms with Crippen LogP contribution < -0.4 is 10.6 Å². The molecule has 1 aromatic carbocycles. The van der Waals surface area contributed by atoms with Crippen LogP contribution in [-0.4, -0.2) is 16.0 Å². The Bertz CT molecular complexity index is 596. The van der Waals surface area contributed by atoms with Crippen LogP contribution in [0.1, 0.15) is 18.4 Å². The topological polar surface area (TPSA) is 49.8 Å². The first-order valence-corrected chi connectivity index (χ1v) is 6.70. The summed E-state index contributed by atoms with van der Waals surface area (Å²) in [5.74, 6) is 1.65. The second kappa shape index (κ2) is 5.05. The van der Waals surface area contributed by atoms with E-state index in [9.17, 15) is 0 Å². The Morgan fingerprint density at radius 1 is 1.16 bits per heavy atom. The summed E-state index contributed by atoms with van der Waals surface area (Å²) in [6, 6.07) is 8.25. The minimum absolute atomic E-state index is 0.583. The van der Waals surface area contributed by atoms with Crippen molar-refractivity contribution >= 4 is 28.9 Å². The van der Waals surface area contributed by atoms with E-state index in [1.165, 1.54) is 12.8 Å². The molecule has 1 heterocycles. The molecule has 1 aliphatic rings. The Labute approximate surface area is 117 Å². The van der Waals surface area contributed by atoms with Gasteiger partial charge in [-0.3, -0.25) is 0 Å². The van der Waals surface area contributed by atoms with Crippen molar-refractivity contribution < 1.29 is 0 Å². The summed E-state index contributed by atoms with van der Waals surface area (Å²) in [5, 5.41) is 7.38. The van der Waals surface area contributed by atoms with Crippen LogP contribution in [-0.2, 0) is 0 Å². The summed E-state index contributed by atoms with van der Waals surface area (Å²) < 4.78 is 0. The molecular weight excluding hydrogens is 260 g/mol. The monoisotopic (exact) mass is 274 g/mol. The molecule has 0 atom stereocenters. The predicted octanol–water partition coefficient (Wildman–Crippen LogP) is 3.76. The van der Waals surface area contributed by atoms with E-state index < -0.39 is 0 Å². The van der Waals surface area contributed by atoms with Gasteiger partial charge in [0.15, 0.2) is 0 Å². The Hall–Kier alpha value is -1.81. The van der Waals surface area contributed by atoms with Gasteiger partial charge in [-0.2, -0.15) is 0 Å². The second-order valence-electron chi connectivity index (χ2n) is 4.79. The highest BCUT2D eigenvalue weighted by molar-refractivity contribution is 6.30. The molecule has 0 spiro atoms. The molecule has 1 aromatic heterocycles. The first-order valence-electron chi connectivity index (χ1n) is 6.32. The SMILES string of the molecule is Cc1cc(Cl)ccc1Nc1cc(NC2CC2)ncn1. The number of aryl methyl sites for hydroxylation is 1. The zero-order valence-electron chi connectivity index (χ0n) is 10.7. The highest BCUT2D eigenvalue weighted by atomic mass is 35.5. The minimum atomic E-state index is 0.583. The van der Waals surface area contributed by atoms with Gasteiger partial charge in [0.25, 0.3) is 0 Å². The van der Waals surface area contributed by atoms with E-state index in [-0.39, 0.29) is 0 Å². The highest BCUT2D eigenvalue weighted by Crippen LogP contribution is 2.26. The largest absolute Gasteiger partial charge is 0.367 e. The molecule has 0 unspecified atom stereocenters. The number of hydrogen-bond donors (Lipinski definition) is 2. The third kappa shape index (κ3) is 3.15. The lowest BCUT2D eigenvalue weighted by Gasteiger charge is -2.10. The number of hydrogen-bond acceptors (Lipinski definition) is 4. The van der Waals surface area contributed by atoms with Crippen LogP contribution >= 0.6 is 11.6 Å². The molecule has 0 bridgehead atoms. The summed E-state index contributed by atoms with van der Waals surface area (Å²) in [4.78, 5) is 8.45. The number of nitrogens with zero attached hydrogens (tertiary/aromatic N) is 2. The fraction of sp³-hybridized carbons (Fsp3) is 0.286. The maximum absolute atomic E-state index is 5.95. The standard InChI is InChI=1S/C14H15ClN4/c1-9-6-10(15)2-5-12(9)19-14-7-13(16-8-17-14)18-11-3-4-11/h2,5-8,11H,3-4H2,1H3,(H2,16,17,18,19). The van der Waals surface area contributed by atoms with Crippen LogP contribution in [0.5, 0.6) is 0 Å². The van der Waals surface area contributed by atoms with Crippen molar-refractivity contribution in [3.05, 3.63) is 41.2 Å². The van der Waals surface area contributed by atoms with Crippen molar-refractivity contribution in [2.24, 2.45) is 0 Å². The first-order chi connectivity index (χ1) is 9.20. The zero-order valence-corrected chi connectivity index (χ0v) is 11.4. The molecule has 4 nitrogen and oxygen atoms in total. The summed E-state index contributed by atoms with van der Waals surface area (Å²) in [6.07, 6.45) is 4.02. The quantitative estimate of drug-likeness (QED) is 0.891. The lowest BCUT2D eigenvalue weighted by atomic mass is 10.2. The highest BCUT2D eigenvalue weighted by Gasteiger charge is 2.21. The molecule has 0 amide bonds. The van der Waals surface area contributed by atoms with Crippen molar-refractivity contribution in [2.45, 2.75) is 25.8 Å². The van der Waals surface area contributed by atoms with Crippen LogP contribution in [0.25, 0.3) is 0 Å². The van der Waals surface area contributed by atoms with Crippen molar-refractivity contribution in [3.63, 3.8) is 0 Å². The number of rotatable bonds is 4. The fourth-order valence-corrected chi connectivity index (χ4v) is 2.07. The Kier molecular flexibility index (Phi) is 3.25. The fourth-order valence-electron chi connectivity index (χ4n) is 1.85. The van der Waals surface area contributed by atoms with Crippen LogP contribution in [0.4, 0.5) is 17.3 Å². The van der Waals surface area contributed by atoms with E-state index in [4.69, 9.17) is 11.6 Å². The summed E-state index contributed by atoms with van der Waals surface area (Å²) in [5.41, 5.74) is 2.09. The van der Waals surface area contributed by atoms with E-state index in [0.717, 1.165) is 27.9 Å². The van der Waals surface area contributed by atoms with Gasteiger partial charge in [0.05, 0.1) is 0 Å². The molecule has 0 radical (unpaired) electrons. The first kappa shape index (κ1) is 12.2. The maximum atomic E-state index is 5.95. The molecule has 0 saturated heterocycles. The Morgan fingerprint density at radius 3 is 2.68 bits per heavy atom. The van der Waals surface area contributed by atoms with Crippen molar-refractivity contribution in [2.75, 3.05) is 10.6 Å². The van der Waals surface area contributed by atoms with Crippen LogP contribution in [0.2, 0.25) is 5.02 Å². The van der Waals surface area contributed by atoms with E-state index in [1.807, 2.05) is 31.2 Å². The van der Waals surface area contributed by atoms with Gasteiger partial charge in [-0.25, -0.2) is 9.97 Å². The minimum Gasteiger partial charge on any atom is -0.367 e. The normalized spacial score (nSPS) is 14.2. The van der Waals surface area contributed by atoms with Crippen LogP contribution in [0.3, 0.4) is 0 Å². The smallest absolute Gasteiger partial charge is 0.135 e. The van der Waals surface area contributed by atoms with Gasteiger partial charge in [-0.1, -0.05) is 11.6 Å². The molecule has 5 heteroatoms. The van der Waals surface area contributed by atoms with E-state index in [1.54, 1.807) is 6.33 Å². The molecule has 3 rings (SSSR count). The van der Waals surface area contributed by atoms with E-state index in [2.05, 4.69) is 20.6 Å². The van der Waals surface area contributed by atoms with Gasteiger partial charge in [0.1, 0.15) is 18.0 Å². The molecule has 0 aliphatic heterocycles. The molecule has 2 aromatic rings. The Balaban J connectivity index is 1.78. The molecule has 2 N–H and O–H groups in total. The lowest BCUT2D eigenvalue weighted by Crippen LogP contribution is -2.04. The predicted molar refractivity (Wildman–Crippen MR) is 78.1 cm³/mol. The lowest BCUT2D eigenvalue weighted by molar-refractivity contribution is 1.08. The van der Waals surface area contributed by atoms with Crippen molar-refractivity contribution in [1.29, 1.82) is 0 Å². The van der Waals surface area contributed by atoms with Crippen LogP contribution in [0.15, 0.2) is 30.6 Å². The van der Waals surface area contributed by atoms with Gasteiger partial charge in [-0.05, 0) is 43.5 Å². The summed E-state index contributed by atoms with van der Waals surface area (Å²) in [7, 11) is 0. The van der Waals surface area contributed by atoms with E-state index in [0.29, 0.717) is 6.04 Å². The van der Waals surface area contributed by atoms with E-state index >= 15 is 0 Å². The Morgan fingerprint density at radius 2 is 1.95 bits per heavy atom. The summed E-state index contributed by atoms with van der Waals surface area (Å²) in [6.45, 7) is 2.01. The molecule has 1 fully saturated rings. The van der Waals surface area contributed by atoms with Gasteiger partial charge in [0.2, 0.25) is 0 Å². The number of halogens is 1. The molecule has 19 heavy (non-hydrogen) atoms. The maximum Gasteiger partial charge on any atom is 0.135 e. The number of nitrogens with one attached hydrogen (secondary N) is 2. The van der Waals surface area contributed by atoms with Gasteiger partial charge >= 0.3 is 0 Å². The van der Waals surface area contributed by atoms with Crippen molar-refractivity contribution in [3.8, 4) is 0 Å². The van der Waals surface area contributed by atoms with Gasteiger partial charge in [-0.15, -0.1) is 0 Å². The number of aromatic nitrogens is 2. The third-order valence-corrected chi connectivity index (χ3v) is 3.28. The van der Waals surface area contributed by atoms with Gasteiger partial charge < -0.3 is 10.6 Å². The average Bonchev–Trinajstić information content (AvgIpc) is 3.17. The third-order valence-electron chi connectivity index (χ3n) is 3.05. The zero-order chi connectivity index (χ0) is 13.2.